The van der Waals surface area contributed by atoms with Gasteiger partial charge in [0.15, 0.2) is 0 Å². The lowest BCUT2D eigenvalue weighted by atomic mass is 9.53. The summed E-state index contributed by atoms with van der Waals surface area (Å²) < 4.78 is 20.9. The molecule has 7 aliphatic rings. The Morgan fingerprint density at radius 2 is 1.96 bits per heavy atom. The standard InChI is InChI=1S/C18H26FN3O3/c1-12(23)21-10-16-8-17(9-16,18(25-16)2-4-20-5-3-18)14(24)22-11-15(19)6-13(22)7-15/h13,20H,2-11H2,1H3,(H,21,23). The Hall–Kier alpha value is -1.21. The fraction of sp³-hybridized carbons (Fsp3) is 0.889. The van der Waals surface area contributed by atoms with Gasteiger partial charge in [0, 0.05) is 32.4 Å². The number of carbonyl (C=O) groups is 2. The molecule has 5 saturated heterocycles. The zero-order valence-electron chi connectivity index (χ0n) is 14.7. The van der Waals surface area contributed by atoms with Crippen molar-refractivity contribution in [3.05, 3.63) is 0 Å². The molecule has 0 aromatic carbocycles. The van der Waals surface area contributed by atoms with E-state index < -0.39 is 22.3 Å². The molecule has 4 bridgehead atoms. The molecule has 5 aliphatic heterocycles. The predicted molar refractivity (Wildman–Crippen MR) is 87.6 cm³/mol. The third-order valence-corrected chi connectivity index (χ3v) is 7.37. The Morgan fingerprint density at radius 1 is 1.28 bits per heavy atom. The van der Waals surface area contributed by atoms with Crippen LogP contribution in [-0.4, -0.2) is 65.8 Å². The number of alkyl halides is 1. The van der Waals surface area contributed by atoms with Gasteiger partial charge in [0.2, 0.25) is 11.8 Å². The maximum Gasteiger partial charge on any atom is 0.232 e. The lowest BCUT2D eigenvalue weighted by Crippen LogP contribution is -2.62. The van der Waals surface area contributed by atoms with Crippen molar-refractivity contribution in [1.29, 1.82) is 0 Å². The second-order valence-corrected chi connectivity index (χ2v) is 9.02. The van der Waals surface area contributed by atoms with Gasteiger partial charge < -0.3 is 20.3 Å². The Balaban J connectivity index is 1.42. The van der Waals surface area contributed by atoms with Crippen molar-refractivity contribution in [2.45, 2.75) is 68.4 Å². The number of ether oxygens (including phenoxy) is 1. The molecule has 2 amide bonds. The summed E-state index contributed by atoms with van der Waals surface area (Å²) >= 11 is 0. The zero-order chi connectivity index (χ0) is 17.5. The topological polar surface area (TPSA) is 70.7 Å². The average Bonchev–Trinajstić information content (AvgIpc) is 3.17. The van der Waals surface area contributed by atoms with Crippen molar-refractivity contribution in [3.8, 4) is 0 Å². The van der Waals surface area contributed by atoms with Crippen LogP contribution >= 0.6 is 0 Å². The monoisotopic (exact) mass is 351 g/mol. The normalized spacial score (nSPS) is 45.8. The maximum atomic E-state index is 14.3. The number of piperidine rings is 1. The van der Waals surface area contributed by atoms with E-state index in [2.05, 4.69) is 10.6 Å². The Kier molecular flexibility index (Phi) is 3.03. The highest BCUT2D eigenvalue weighted by Gasteiger charge is 2.79. The van der Waals surface area contributed by atoms with Crippen LogP contribution in [0.25, 0.3) is 0 Å². The molecule has 0 aromatic heterocycles. The van der Waals surface area contributed by atoms with Crippen LogP contribution in [0.3, 0.4) is 0 Å². The van der Waals surface area contributed by atoms with Gasteiger partial charge in [-0.25, -0.2) is 4.39 Å². The predicted octanol–water partition coefficient (Wildman–Crippen LogP) is 0.507. The number of nitrogens with zero attached hydrogens (tertiary/aromatic N) is 1. The lowest BCUT2D eigenvalue weighted by Gasteiger charge is -2.49. The van der Waals surface area contributed by atoms with Gasteiger partial charge in [0.05, 0.1) is 23.2 Å². The molecular formula is C18H26FN3O3. The van der Waals surface area contributed by atoms with Gasteiger partial charge in [0.25, 0.3) is 0 Å². The molecule has 7 rings (SSSR count). The van der Waals surface area contributed by atoms with Crippen LogP contribution in [0, 0.1) is 5.41 Å². The van der Waals surface area contributed by atoms with Crippen LogP contribution in [-0.2, 0) is 14.3 Å². The molecule has 7 heteroatoms. The summed E-state index contributed by atoms with van der Waals surface area (Å²) in [6.07, 6.45) is 3.92. The van der Waals surface area contributed by atoms with E-state index in [1.165, 1.54) is 6.92 Å². The third kappa shape index (κ3) is 1.97. The molecule has 0 radical (unpaired) electrons. The molecule has 7 fully saturated rings. The van der Waals surface area contributed by atoms with Gasteiger partial charge in [-0.15, -0.1) is 0 Å². The summed E-state index contributed by atoms with van der Waals surface area (Å²) in [5, 5.41) is 6.22. The number of rotatable bonds is 3. The molecule has 2 saturated carbocycles. The highest BCUT2D eigenvalue weighted by Crippen LogP contribution is 2.70. The van der Waals surface area contributed by atoms with Crippen molar-refractivity contribution in [2.75, 3.05) is 26.2 Å². The van der Waals surface area contributed by atoms with E-state index in [1.807, 2.05) is 0 Å². The van der Waals surface area contributed by atoms with Crippen molar-refractivity contribution in [1.82, 2.24) is 15.5 Å². The minimum absolute atomic E-state index is 0.0761. The van der Waals surface area contributed by atoms with Crippen LogP contribution in [0.2, 0.25) is 0 Å². The van der Waals surface area contributed by atoms with Crippen molar-refractivity contribution < 1.29 is 18.7 Å². The Labute approximate surface area is 146 Å². The van der Waals surface area contributed by atoms with Crippen LogP contribution in [0.5, 0.6) is 0 Å². The quantitative estimate of drug-likeness (QED) is 0.777. The molecule has 25 heavy (non-hydrogen) atoms. The fourth-order valence-electron chi connectivity index (χ4n) is 6.24. The zero-order valence-corrected chi connectivity index (χ0v) is 14.7. The van der Waals surface area contributed by atoms with Crippen LogP contribution in [0.15, 0.2) is 0 Å². The van der Waals surface area contributed by atoms with E-state index in [0.29, 0.717) is 32.2 Å². The van der Waals surface area contributed by atoms with Gasteiger partial charge in [-0.1, -0.05) is 0 Å². The summed E-state index contributed by atoms with van der Waals surface area (Å²) in [4.78, 5) is 26.7. The first-order valence-corrected chi connectivity index (χ1v) is 9.47. The SMILES string of the molecule is CC(=O)NCC12CC(C(=O)N3CC4(F)CC3C4)(C1)C1(CCNCC1)O2. The number of hydrogen-bond acceptors (Lipinski definition) is 4. The molecule has 138 valence electrons. The van der Waals surface area contributed by atoms with Crippen LogP contribution in [0.1, 0.15) is 45.4 Å². The molecule has 0 unspecified atom stereocenters. The van der Waals surface area contributed by atoms with Gasteiger partial charge >= 0.3 is 0 Å². The number of amides is 2. The summed E-state index contributed by atoms with van der Waals surface area (Å²) in [6, 6.07) is 0.0802. The molecule has 2 aliphatic carbocycles. The highest BCUT2D eigenvalue weighted by atomic mass is 19.1. The molecule has 5 heterocycles. The molecular weight excluding hydrogens is 325 g/mol. The fourth-order valence-corrected chi connectivity index (χ4v) is 6.24. The van der Waals surface area contributed by atoms with E-state index >= 15 is 0 Å². The van der Waals surface area contributed by atoms with Crippen molar-refractivity contribution >= 4 is 11.8 Å². The largest absolute Gasteiger partial charge is 0.365 e. The van der Waals surface area contributed by atoms with Gasteiger partial charge in [-0.2, -0.15) is 0 Å². The number of halogens is 1. The van der Waals surface area contributed by atoms with Crippen molar-refractivity contribution in [2.24, 2.45) is 5.41 Å². The maximum absolute atomic E-state index is 14.3. The number of fused-ring (bicyclic) bond motifs is 1. The minimum atomic E-state index is -1.14. The van der Waals surface area contributed by atoms with Gasteiger partial charge in [-0.3, -0.25) is 9.59 Å². The minimum Gasteiger partial charge on any atom is -0.365 e. The summed E-state index contributed by atoms with van der Waals surface area (Å²) in [5.41, 5.74) is -2.55. The van der Waals surface area contributed by atoms with Crippen LogP contribution < -0.4 is 10.6 Å². The van der Waals surface area contributed by atoms with E-state index in [0.717, 1.165) is 25.9 Å². The van der Waals surface area contributed by atoms with Crippen molar-refractivity contribution in [3.63, 3.8) is 0 Å². The second-order valence-electron chi connectivity index (χ2n) is 9.02. The number of nitrogens with one attached hydrogen (secondary N) is 2. The Bertz CT molecular complexity index is 633. The molecule has 1 spiro atoms. The summed E-state index contributed by atoms with van der Waals surface area (Å²) in [7, 11) is 0. The molecule has 0 atom stereocenters. The van der Waals surface area contributed by atoms with E-state index in [-0.39, 0.29) is 24.4 Å². The third-order valence-electron chi connectivity index (χ3n) is 7.37. The first-order chi connectivity index (χ1) is 11.8. The highest BCUT2D eigenvalue weighted by molar-refractivity contribution is 5.88. The molecule has 0 aromatic rings. The summed E-state index contributed by atoms with van der Waals surface area (Å²) in [5.74, 6) is 0.0279. The van der Waals surface area contributed by atoms with Gasteiger partial charge in [-0.05, 0) is 38.8 Å². The van der Waals surface area contributed by atoms with Crippen LogP contribution in [0.4, 0.5) is 4.39 Å². The number of hydrogen-bond donors (Lipinski definition) is 2. The molecule has 2 N–H and O–H groups in total. The van der Waals surface area contributed by atoms with E-state index in [1.54, 1.807) is 4.90 Å². The second kappa shape index (κ2) is 4.74. The number of carbonyl (C=O) groups excluding carboxylic acids is 2. The average molecular weight is 351 g/mol. The van der Waals surface area contributed by atoms with E-state index in [9.17, 15) is 14.0 Å². The smallest absolute Gasteiger partial charge is 0.232 e. The van der Waals surface area contributed by atoms with E-state index in [4.69, 9.17) is 4.74 Å². The lowest BCUT2D eigenvalue weighted by molar-refractivity contribution is -0.152. The first-order valence-electron chi connectivity index (χ1n) is 9.47. The first kappa shape index (κ1) is 16.0. The Morgan fingerprint density at radius 3 is 2.52 bits per heavy atom. The summed E-state index contributed by atoms with van der Waals surface area (Å²) in [6.45, 7) is 3.89. The molecule has 6 nitrogen and oxygen atoms in total. The van der Waals surface area contributed by atoms with Gasteiger partial charge in [0.1, 0.15) is 5.67 Å².